The molecule has 0 aliphatic carbocycles. The van der Waals surface area contributed by atoms with Gasteiger partial charge in [-0.25, -0.2) is 0 Å². The Morgan fingerprint density at radius 2 is 2.29 bits per heavy atom. The second-order valence-electron chi connectivity index (χ2n) is 1.12. The van der Waals surface area contributed by atoms with Gasteiger partial charge >= 0.3 is 0 Å². The SMILES string of the molecule is CC(=CN)C(=S)I. The molecule has 0 aromatic rings. The summed E-state index contributed by atoms with van der Waals surface area (Å²) in [7, 11) is 0. The molecule has 0 fully saturated rings. The zero-order valence-electron chi connectivity index (χ0n) is 3.94. The molecule has 0 bridgehead atoms. The molecule has 40 valence electrons. The minimum atomic E-state index is 0.833. The van der Waals surface area contributed by atoms with Crippen molar-refractivity contribution in [3.63, 3.8) is 0 Å². The lowest BCUT2D eigenvalue weighted by atomic mass is 10.4. The monoisotopic (exact) mass is 227 g/mol. The molecule has 0 amide bonds. The van der Waals surface area contributed by atoms with Crippen LogP contribution in [-0.4, -0.2) is 2.87 Å². The summed E-state index contributed by atoms with van der Waals surface area (Å²) in [5, 5.41) is 0. The largest absolute Gasteiger partial charge is 0.404 e. The Hall–Kier alpha value is 0.360. The van der Waals surface area contributed by atoms with E-state index in [4.69, 9.17) is 18.0 Å². The molecule has 0 rings (SSSR count). The maximum atomic E-state index is 5.12. The summed E-state index contributed by atoms with van der Waals surface area (Å²) in [4.78, 5) is 0. The summed E-state index contributed by atoms with van der Waals surface area (Å²) >= 11 is 6.81. The highest BCUT2D eigenvalue weighted by molar-refractivity contribution is 14.1. The minimum absolute atomic E-state index is 0.833. The van der Waals surface area contributed by atoms with E-state index >= 15 is 0 Å². The Labute approximate surface area is 62.1 Å². The molecule has 0 aliphatic rings. The van der Waals surface area contributed by atoms with Gasteiger partial charge in [-0.15, -0.1) is 0 Å². The first-order valence-electron chi connectivity index (χ1n) is 1.77. The first-order chi connectivity index (χ1) is 3.18. The Morgan fingerprint density at radius 3 is 2.29 bits per heavy atom. The van der Waals surface area contributed by atoms with Crippen molar-refractivity contribution in [2.24, 2.45) is 5.73 Å². The van der Waals surface area contributed by atoms with E-state index in [1.165, 1.54) is 6.20 Å². The third kappa shape index (κ3) is 2.99. The van der Waals surface area contributed by atoms with Gasteiger partial charge in [0.15, 0.2) is 0 Å². The summed E-state index contributed by atoms with van der Waals surface area (Å²) in [6.07, 6.45) is 1.51. The van der Waals surface area contributed by atoms with Gasteiger partial charge in [-0.05, 0) is 41.3 Å². The Balaban J connectivity index is 3.82. The van der Waals surface area contributed by atoms with E-state index in [0.29, 0.717) is 0 Å². The molecule has 0 aromatic carbocycles. The number of halogens is 1. The van der Waals surface area contributed by atoms with Crippen molar-refractivity contribution >= 4 is 37.7 Å². The molecule has 0 unspecified atom stereocenters. The first kappa shape index (κ1) is 7.36. The lowest BCUT2D eigenvalue weighted by molar-refractivity contribution is 1.50. The fourth-order valence-electron chi connectivity index (χ4n) is 0.0655. The van der Waals surface area contributed by atoms with Crippen LogP contribution in [0.3, 0.4) is 0 Å². The van der Waals surface area contributed by atoms with Gasteiger partial charge in [0.25, 0.3) is 0 Å². The number of allylic oxidation sites excluding steroid dienone is 1. The molecule has 0 radical (unpaired) electrons. The third-order valence-electron chi connectivity index (χ3n) is 0.560. The molecule has 0 saturated heterocycles. The molecule has 0 saturated carbocycles. The Bertz CT molecular complexity index is 108. The van der Waals surface area contributed by atoms with Gasteiger partial charge in [0, 0.05) is 0 Å². The number of rotatable bonds is 1. The van der Waals surface area contributed by atoms with Gasteiger partial charge in [-0.3, -0.25) is 0 Å². The molecule has 1 nitrogen and oxygen atoms in total. The smallest absolute Gasteiger partial charge is 0.0803 e. The van der Waals surface area contributed by atoms with Crippen molar-refractivity contribution in [1.29, 1.82) is 0 Å². The van der Waals surface area contributed by atoms with E-state index < -0.39 is 0 Å². The molecule has 0 atom stereocenters. The highest BCUT2D eigenvalue weighted by Crippen LogP contribution is 2.01. The summed E-state index contributed by atoms with van der Waals surface area (Å²) in [6, 6.07) is 0. The minimum Gasteiger partial charge on any atom is -0.404 e. The normalized spacial score (nSPS) is 11.4. The van der Waals surface area contributed by atoms with Crippen molar-refractivity contribution in [3.8, 4) is 0 Å². The zero-order valence-corrected chi connectivity index (χ0v) is 6.91. The molecule has 2 N–H and O–H groups in total. The lowest BCUT2D eigenvalue weighted by Crippen LogP contribution is -1.88. The van der Waals surface area contributed by atoms with Gasteiger partial charge in [0.1, 0.15) is 0 Å². The van der Waals surface area contributed by atoms with E-state index in [-0.39, 0.29) is 0 Å². The molecule has 3 heteroatoms. The van der Waals surface area contributed by atoms with Crippen molar-refractivity contribution in [2.45, 2.75) is 6.92 Å². The molecule has 7 heavy (non-hydrogen) atoms. The van der Waals surface area contributed by atoms with Crippen molar-refractivity contribution in [3.05, 3.63) is 11.8 Å². The van der Waals surface area contributed by atoms with Gasteiger partial charge in [-0.2, -0.15) is 0 Å². The molecule has 0 aromatic heterocycles. The van der Waals surface area contributed by atoms with Gasteiger partial charge in [-0.1, -0.05) is 12.2 Å². The van der Waals surface area contributed by atoms with Crippen LogP contribution in [0.15, 0.2) is 11.8 Å². The van der Waals surface area contributed by atoms with Crippen LogP contribution in [0.4, 0.5) is 0 Å². The fourth-order valence-corrected chi connectivity index (χ4v) is 0.313. The molecular formula is C4H6INS. The Kier molecular flexibility index (Phi) is 3.55. The predicted molar refractivity (Wildman–Crippen MR) is 44.6 cm³/mol. The third-order valence-corrected chi connectivity index (χ3v) is 1.73. The molecule has 0 heterocycles. The highest BCUT2D eigenvalue weighted by atomic mass is 127. The van der Waals surface area contributed by atoms with Gasteiger partial charge < -0.3 is 5.73 Å². The summed E-state index contributed by atoms with van der Waals surface area (Å²) in [5.74, 6) is 0. The van der Waals surface area contributed by atoms with Crippen LogP contribution in [0.5, 0.6) is 0 Å². The standard InChI is InChI=1S/C4H6INS/c1-3(2-6)4(5)7/h2H,6H2,1H3. The van der Waals surface area contributed by atoms with Crippen molar-refractivity contribution in [1.82, 2.24) is 0 Å². The topological polar surface area (TPSA) is 26.0 Å². The summed E-state index contributed by atoms with van der Waals surface area (Å²) < 4.78 is 0.833. The molecule has 0 spiro atoms. The van der Waals surface area contributed by atoms with Crippen LogP contribution in [0, 0.1) is 0 Å². The van der Waals surface area contributed by atoms with E-state index in [1.807, 2.05) is 6.92 Å². The van der Waals surface area contributed by atoms with Crippen LogP contribution in [-0.2, 0) is 0 Å². The summed E-state index contributed by atoms with van der Waals surface area (Å²) in [6.45, 7) is 1.88. The van der Waals surface area contributed by atoms with E-state index in [0.717, 1.165) is 8.44 Å². The van der Waals surface area contributed by atoms with Crippen LogP contribution in [0.1, 0.15) is 6.92 Å². The molecular weight excluding hydrogens is 221 g/mol. The second kappa shape index (κ2) is 3.37. The maximum absolute atomic E-state index is 5.12. The second-order valence-corrected chi connectivity index (χ2v) is 3.34. The number of thiocarbonyl (C=S) groups is 1. The van der Waals surface area contributed by atoms with Crippen LogP contribution in [0.25, 0.3) is 0 Å². The van der Waals surface area contributed by atoms with Gasteiger partial charge in [0.05, 0.1) is 2.87 Å². The zero-order chi connectivity index (χ0) is 5.86. The average molecular weight is 227 g/mol. The van der Waals surface area contributed by atoms with Crippen LogP contribution < -0.4 is 5.73 Å². The Morgan fingerprint density at radius 1 is 1.86 bits per heavy atom. The fraction of sp³-hybridized carbons (Fsp3) is 0.250. The van der Waals surface area contributed by atoms with Crippen LogP contribution >= 0.6 is 34.8 Å². The maximum Gasteiger partial charge on any atom is 0.0803 e. The number of nitrogens with two attached hydrogens (primary N) is 1. The molecule has 0 aliphatic heterocycles. The average Bonchev–Trinajstić information content (AvgIpc) is 1.65. The predicted octanol–water partition coefficient (Wildman–Crippen LogP) is 1.61. The van der Waals surface area contributed by atoms with E-state index in [1.54, 1.807) is 0 Å². The lowest BCUT2D eigenvalue weighted by Gasteiger charge is -1.87. The number of hydrogen-bond acceptors (Lipinski definition) is 2. The van der Waals surface area contributed by atoms with Crippen molar-refractivity contribution in [2.75, 3.05) is 0 Å². The van der Waals surface area contributed by atoms with Crippen LogP contribution in [0.2, 0.25) is 0 Å². The van der Waals surface area contributed by atoms with Crippen molar-refractivity contribution < 1.29 is 0 Å². The quantitative estimate of drug-likeness (QED) is 0.319. The number of hydrogen-bond donors (Lipinski definition) is 1. The highest BCUT2D eigenvalue weighted by Gasteiger charge is 1.87. The van der Waals surface area contributed by atoms with E-state index in [2.05, 4.69) is 22.6 Å². The first-order valence-corrected chi connectivity index (χ1v) is 3.25. The summed E-state index contributed by atoms with van der Waals surface area (Å²) in [5.41, 5.74) is 6.09. The van der Waals surface area contributed by atoms with Gasteiger partial charge in [0.2, 0.25) is 0 Å². The van der Waals surface area contributed by atoms with E-state index in [9.17, 15) is 0 Å².